The van der Waals surface area contributed by atoms with Crippen molar-refractivity contribution in [1.82, 2.24) is 4.57 Å². The number of ether oxygens (including phenoxy) is 2. The second-order valence-corrected chi connectivity index (χ2v) is 6.94. The number of carbonyl (C=O) groups is 1. The fourth-order valence-corrected chi connectivity index (χ4v) is 3.11. The number of carbonyl (C=O) groups excluding carboxylic acids is 1. The van der Waals surface area contributed by atoms with E-state index in [4.69, 9.17) is 9.47 Å². The largest absolute Gasteiger partial charge is 0.497 e. The molecule has 0 fully saturated rings. The van der Waals surface area contributed by atoms with Crippen LogP contribution in [0.5, 0.6) is 5.75 Å². The van der Waals surface area contributed by atoms with Crippen LogP contribution >= 0.6 is 0 Å². The van der Waals surface area contributed by atoms with E-state index < -0.39 is 5.97 Å². The van der Waals surface area contributed by atoms with Gasteiger partial charge in [0.25, 0.3) is 5.71 Å². The Labute approximate surface area is 182 Å². The van der Waals surface area contributed by atoms with Crippen LogP contribution < -0.4 is 19.6 Å². The van der Waals surface area contributed by atoms with E-state index >= 15 is 0 Å². The highest BCUT2D eigenvalue weighted by Crippen LogP contribution is 2.22. The number of hydrazone groups is 1. The maximum atomic E-state index is 12.6. The fourth-order valence-electron chi connectivity index (χ4n) is 3.11. The molecule has 0 amide bonds. The number of aryl methyl sites for hydroxylation is 2. The molecule has 3 aromatic rings. The Morgan fingerprint density at radius 3 is 2.26 bits per heavy atom. The van der Waals surface area contributed by atoms with Crippen LogP contribution in [0.1, 0.15) is 12.7 Å². The smallest absolute Gasteiger partial charge is 0.367 e. The highest BCUT2D eigenvalue weighted by atomic mass is 16.5. The lowest BCUT2D eigenvalue weighted by atomic mass is 10.2. The lowest BCUT2D eigenvalue weighted by Gasteiger charge is -2.15. The topological polar surface area (TPSA) is 72.0 Å². The molecule has 0 saturated carbocycles. The molecule has 1 N–H and O–H groups in total. The summed E-state index contributed by atoms with van der Waals surface area (Å²) < 4.78 is 14.1. The SMILES string of the molecule is CCOC(=O)/C(=N\N(C)c1ccc(Nc2ccc(OC)cc2)cc1)c1n(C)cc[n+]1C. The number of nitrogens with one attached hydrogen (secondary N) is 1. The number of aromatic nitrogens is 2. The first-order valence-corrected chi connectivity index (χ1v) is 9.94. The molecule has 31 heavy (non-hydrogen) atoms. The first-order valence-electron chi connectivity index (χ1n) is 9.94. The third kappa shape index (κ3) is 5.22. The van der Waals surface area contributed by atoms with Crippen molar-refractivity contribution in [2.24, 2.45) is 19.2 Å². The van der Waals surface area contributed by atoms with Crippen LogP contribution in [0.2, 0.25) is 0 Å². The molecule has 0 spiro atoms. The number of nitrogens with zero attached hydrogens (tertiary/aromatic N) is 4. The molecule has 0 bridgehead atoms. The lowest BCUT2D eigenvalue weighted by Crippen LogP contribution is -2.39. The molecule has 0 aliphatic heterocycles. The summed E-state index contributed by atoms with van der Waals surface area (Å²) in [5.74, 6) is 0.997. The Balaban J connectivity index is 1.81. The number of anilines is 3. The minimum absolute atomic E-state index is 0.236. The van der Waals surface area contributed by atoms with Gasteiger partial charge in [-0.15, -0.1) is 0 Å². The number of hydrogen-bond acceptors (Lipinski definition) is 6. The van der Waals surface area contributed by atoms with E-state index in [0.717, 1.165) is 22.8 Å². The Kier molecular flexibility index (Phi) is 6.92. The maximum absolute atomic E-state index is 12.6. The number of benzene rings is 2. The normalized spacial score (nSPS) is 11.2. The van der Waals surface area contributed by atoms with E-state index in [1.165, 1.54) is 0 Å². The number of hydrogen-bond donors (Lipinski definition) is 1. The van der Waals surface area contributed by atoms with Gasteiger partial charge in [0.05, 0.1) is 33.5 Å². The molecule has 0 unspecified atom stereocenters. The molecule has 8 nitrogen and oxygen atoms in total. The van der Waals surface area contributed by atoms with Crippen LogP contribution in [0.4, 0.5) is 17.1 Å². The second kappa shape index (κ2) is 9.80. The van der Waals surface area contributed by atoms with E-state index in [1.54, 1.807) is 26.1 Å². The van der Waals surface area contributed by atoms with Gasteiger partial charge in [-0.2, -0.15) is 5.10 Å². The zero-order valence-electron chi connectivity index (χ0n) is 18.5. The first-order chi connectivity index (χ1) is 14.9. The molecule has 3 rings (SSSR count). The van der Waals surface area contributed by atoms with Gasteiger partial charge in [0.1, 0.15) is 18.1 Å². The van der Waals surface area contributed by atoms with Gasteiger partial charge in [0.15, 0.2) is 0 Å². The average Bonchev–Trinajstić information content (AvgIpc) is 3.11. The van der Waals surface area contributed by atoms with Crippen LogP contribution in [0.25, 0.3) is 0 Å². The van der Waals surface area contributed by atoms with Gasteiger partial charge >= 0.3 is 11.8 Å². The molecule has 1 aromatic heterocycles. The van der Waals surface area contributed by atoms with E-state index in [1.807, 2.05) is 84.2 Å². The van der Waals surface area contributed by atoms with Crippen molar-refractivity contribution < 1.29 is 18.8 Å². The van der Waals surface area contributed by atoms with Gasteiger partial charge in [-0.25, -0.2) is 13.9 Å². The summed E-state index contributed by atoms with van der Waals surface area (Å²) >= 11 is 0. The van der Waals surface area contributed by atoms with Gasteiger partial charge < -0.3 is 14.8 Å². The van der Waals surface area contributed by atoms with Gasteiger partial charge in [-0.3, -0.25) is 5.01 Å². The van der Waals surface area contributed by atoms with Crippen molar-refractivity contribution in [3.8, 4) is 5.75 Å². The highest BCUT2D eigenvalue weighted by Gasteiger charge is 2.28. The number of rotatable bonds is 8. The summed E-state index contributed by atoms with van der Waals surface area (Å²) in [5, 5.41) is 9.57. The summed E-state index contributed by atoms with van der Waals surface area (Å²) in [4.78, 5) is 12.6. The molecular weight excluding hydrogens is 394 g/mol. The molecule has 0 atom stereocenters. The molecule has 0 aliphatic carbocycles. The fraction of sp³-hybridized carbons (Fsp3) is 0.261. The van der Waals surface area contributed by atoms with Gasteiger partial charge in [-0.05, 0) is 55.5 Å². The van der Waals surface area contributed by atoms with Crippen molar-refractivity contribution in [2.75, 3.05) is 31.1 Å². The zero-order valence-corrected chi connectivity index (χ0v) is 18.5. The zero-order chi connectivity index (χ0) is 22.4. The molecule has 162 valence electrons. The minimum atomic E-state index is -0.468. The van der Waals surface area contributed by atoms with Gasteiger partial charge in [0.2, 0.25) is 0 Å². The van der Waals surface area contributed by atoms with E-state index in [-0.39, 0.29) is 12.3 Å². The Morgan fingerprint density at radius 2 is 1.74 bits per heavy atom. The van der Waals surface area contributed by atoms with E-state index in [2.05, 4.69) is 10.4 Å². The third-order valence-corrected chi connectivity index (χ3v) is 4.73. The quantitative estimate of drug-likeness (QED) is 0.262. The van der Waals surface area contributed by atoms with Crippen molar-refractivity contribution in [2.45, 2.75) is 6.92 Å². The number of imidazole rings is 1. The van der Waals surface area contributed by atoms with Crippen LogP contribution in [0.3, 0.4) is 0 Å². The Hall–Kier alpha value is -3.81. The highest BCUT2D eigenvalue weighted by molar-refractivity contribution is 6.42. The monoisotopic (exact) mass is 422 g/mol. The van der Waals surface area contributed by atoms with Crippen LogP contribution in [0.15, 0.2) is 66.0 Å². The van der Waals surface area contributed by atoms with E-state index in [9.17, 15) is 4.79 Å². The lowest BCUT2D eigenvalue weighted by molar-refractivity contribution is -0.672. The van der Waals surface area contributed by atoms with Crippen LogP contribution in [0, 0.1) is 0 Å². The Morgan fingerprint density at radius 1 is 1.13 bits per heavy atom. The third-order valence-electron chi connectivity index (χ3n) is 4.73. The van der Waals surface area contributed by atoms with Crippen molar-refractivity contribution in [3.05, 3.63) is 66.7 Å². The predicted molar refractivity (Wildman–Crippen MR) is 121 cm³/mol. The summed E-state index contributed by atoms with van der Waals surface area (Å²) in [6.07, 6.45) is 3.73. The van der Waals surface area contributed by atoms with Crippen molar-refractivity contribution >= 4 is 28.7 Å². The Bertz CT molecular complexity index is 1040. The molecule has 2 aromatic carbocycles. The standard InChI is InChI=1S/C23H28N5O3/c1-6-31-23(29)21(22-26(2)15-16-27(22)3)25-28(4)19-11-7-17(8-12-19)24-18-9-13-20(30-5)14-10-18/h7-16,24H,6H2,1-5H3/q+1. The van der Waals surface area contributed by atoms with Crippen LogP contribution in [-0.2, 0) is 23.6 Å². The predicted octanol–water partition coefficient (Wildman–Crippen LogP) is 3.01. The van der Waals surface area contributed by atoms with Crippen LogP contribution in [-0.4, -0.2) is 37.0 Å². The van der Waals surface area contributed by atoms with Crippen molar-refractivity contribution in [3.63, 3.8) is 0 Å². The maximum Gasteiger partial charge on any atom is 0.367 e. The van der Waals surface area contributed by atoms with E-state index in [0.29, 0.717) is 5.82 Å². The molecule has 0 aliphatic rings. The van der Waals surface area contributed by atoms with Gasteiger partial charge in [0, 0.05) is 18.4 Å². The molecule has 0 saturated heterocycles. The molecule has 0 radical (unpaired) electrons. The number of methoxy groups -OCH3 is 1. The minimum Gasteiger partial charge on any atom is -0.497 e. The van der Waals surface area contributed by atoms with Crippen molar-refractivity contribution in [1.29, 1.82) is 0 Å². The summed E-state index contributed by atoms with van der Waals surface area (Å²) in [6, 6.07) is 15.5. The molecule has 8 heteroatoms. The van der Waals surface area contributed by atoms with Gasteiger partial charge in [-0.1, -0.05) is 0 Å². The summed E-state index contributed by atoms with van der Waals surface area (Å²) in [7, 11) is 7.17. The number of esters is 1. The summed E-state index contributed by atoms with van der Waals surface area (Å²) in [5.41, 5.74) is 2.96. The summed E-state index contributed by atoms with van der Waals surface area (Å²) in [6.45, 7) is 2.06. The first kappa shape index (κ1) is 21.9. The molecule has 1 heterocycles. The average molecular weight is 423 g/mol. The second-order valence-electron chi connectivity index (χ2n) is 6.94. The molecular formula is C23H28N5O3+.